The molecule has 2 aromatic rings. The molecule has 0 aliphatic carbocycles. The first-order valence-electron chi connectivity index (χ1n) is 9.18. The molecule has 1 aliphatic rings. The number of aryl methyl sites for hydroxylation is 1. The van der Waals surface area contributed by atoms with Gasteiger partial charge in [-0.1, -0.05) is 25.5 Å². The van der Waals surface area contributed by atoms with Crippen molar-refractivity contribution in [3.05, 3.63) is 53.6 Å². The molecule has 1 amide bonds. The lowest BCUT2D eigenvalue weighted by Crippen LogP contribution is -2.24. The number of fused-ring (bicyclic) bond motifs is 1. The number of carbonyl (C=O) groups excluding carboxylic acids is 1. The van der Waals surface area contributed by atoms with E-state index in [1.807, 2.05) is 42.5 Å². The first kappa shape index (κ1) is 18.8. The van der Waals surface area contributed by atoms with Crippen molar-refractivity contribution < 1.29 is 19.0 Å². The van der Waals surface area contributed by atoms with Gasteiger partial charge >= 0.3 is 0 Å². The van der Waals surface area contributed by atoms with Gasteiger partial charge in [0.2, 0.25) is 0 Å². The minimum Gasteiger partial charge on any atom is -0.486 e. The average Bonchev–Trinajstić information content (AvgIpc) is 2.71. The van der Waals surface area contributed by atoms with Gasteiger partial charge < -0.3 is 14.2 Å². The Kier molecular flexibility index (Phi) is 6.68. The van der Waals surface area contributed by atoms with E-state index in [1.165, 1.54) is 18.4 Å². The summed E-state index contributed by atoms with van der Waals surface area (Å²) in [6, 6.07) is 13.3. The van der Waals surface area contributed by atoms with Crippen LogP contribution in [0, 0.1) is 0 Å². The maximum absolute atomic E-state index is 11.9. The molecule has 0 saturated carbocycles. The number of ether oxygens (including phenoxy) is 3. The smallest absolute Gasteiger partial charge is 0.277 e. The minimum atomic E-state index is -0.321. The van der Waals surface area contributed by atoms with E-state index < -0.39 is 0 Å². The zero-order valence-electron chi connectivity index (χ0n) is 15.4. The van der Waals surface area contributed by atoms with E-state index in [1.54, 1.807) is 6.21 Å². The number of benzene rings is 2. The van der Waals surface area contributed by atoms with E-state index in [9.17, 15) is 4.79 Å². The topological polar surface area (TPSA) is 69.2 Å². The summed E-state index contributed by atoms with van der Waals surface area (Å²) >= 11 is 0. The standard InChI is InChI=1S/C21H24N2O4/c1-2-3-4-16-5-8-18(9-6-16)27-15-21(24)23-22-14-17-7-10-19-20(13-17)26-12-11-25-19/h5-10,13-14H,2-4,11-12,15H2,1H3,(H,23,24)/b22-14+. The van der Waals surface area contributed by atoms with Crippen LogP contribution < -0.4 is 19.6 Å². The third-order valence-corrected chi connectivity index (χ3v) is 4.08. The summed E-state index contributed by atoms with van der Waals surface area (Å²) in [7, 11) is 0. The highest BCUT2D eigenvalue weighted by atomic mass is 16.6. The van der Waals surface area contributed by atoms with Gasteiger partial charge in [0.1, 0.15) is 19.0 Å². The Morgan fingerprint density at radius 2 is 1.93 bits per heavy atom. The number of nitrogens with zero attached hydrogens (tertiary/aromatic N) is 1. The Balaban J connectivity index is 1.43. The number of hydrazone groups is 1. The summed E-state index contributed by atoms with van der Waals surface area (Å²) in [4.78, 5) is 11.9. The second kappa shape index (κ2) is 9.62. The predicted octanol–water partition coefficient (Wildman–Crippen LogP) is 3.33. The molecule has 0 bridgehead atoms. The Morgan fingerprint density at radius 3 is 2.70 bits per heavy atom. The Bertz CT molecular complexity index is 787. The molecule has 6 heteroatoms. The molecule has 1 aliphatic heterocycles. The maximum Gasteiger partial charge on any atom is 0.277 e. The van der Waals surface area contributed by atoms with E-state index in [2.05, 4.69) is 17.5 Å². The fraction of sp³-hybridized carbons (Fsp3) is 0.333. The third kappa shape index (κ3) is 5.74. The van der Waals surface area contributed by atoms with E-state index >= 15 is 0 Å². The van der Waals surface area contributed by atoms with Crippen LogP contribution in [0.15, 0.2) is 47.6 Å². The van der Waals surface area contributed by atoms with Crippen molar-refractivity contribution in [3.8, 4) is 17.2 Å². The van der Waals surface area contributed by atoms with Gasteiger partial charge in [-0.3, -0.25) is 4.79 Å². The van der Waals surface area contributed by atoms with Crippen molar-refractivity contribution in [1.82, 2.24) is 5.43 Å². The maximum atomic E-state index is 11.9. The van der Waals surface area contributed by atoms with E-state index in [-0.39, 0.29) is 12.5 Å². The van der Waals surface area contributed by atoms with Crippen LogP contribution >= 0.6 is 0 Å². The van der Waals surface area contributed by atoms with Gasteiger partial charge in [0.05, 0.1) is 6.21 Å². The van der Waals surface area contributed by atoms with Crippen LogP contribution in [0.2, 0.25) is 0 Å². The Hall–Kier alpha value is -3.02. The molecule has 0 atom stereocenters. The Labute approximate surface area is 159 Å². The number of carbonyl (C=O) groups is 1. The van der Waals surface area contributed by atoms with Gasteiger partial charge in [-0.15, -0.1) is 0 Å². The highest BCUT2D eigenvalue weighted by Crippen LogP contribution is 2.30. The first-order chi connectivity index (χ1) is 13.2. The van der Waals surface area contributed by atoms with Gasteiger partial charge in [-0.05, 0) is 54.3 Å². The van der Waals surface area contributed by atoms with Crippen molar-refractivity contribution in [1.29, 1.82) is 0 Å². The molecular weight excluding hydrogens is 344 g/mol. The van der Waals surface area contributed by atoms with Crippen LogP contribution in [-0.2, 0) is 11.2 Å². The highest BCUT2D eigenvalue weighted by Gasteiger charge is 2.11. The number of nitrogens with one attached hydrogen (secondary N) is 1. The molecule has 2 aromatic carbocycles. The van der Waals surface area contributed by atoms with Crippen LogP contribution in [0.3, 0.4) is 0 Å². The fourth-order valence-electron chi connectivity index (χ4n) is 2.63. The summed E-state index contributed by atoms with van der Waals surface area (Å²) in [5.41, 5.74) is 4.54. The second-order valence-corrected chi connectivity index (χ2v) is 6.23. The van der Waals surface area contributed by atoms with E-state index in [4.69, 9.17) is 14.2 Å². The summed E-state index contributed by atoms with van der Waals surface area (Å²) in [6.45, 7) is 3.17. The van der Waals surface area contributed by atoms with Crippen molar-refractivity contribution in [2.45, 2.75) is 26.2 Å². The van der Waals surface area contributed by atoms with Gasteiger partial charge in [0.25, 0.3) is 5.91 Å². The normalized spacial score (nSPS) is 12.8. The fourth-order valence-corrected chi connectivity index (χ4v) is 2.63. The molecule has 3 rings (SSSR count). The second-order valence-electron chi connectivity index (χ2n) is 6.23. The van der Waals surface area contributed by atoms with Gasteiger partial charge in [-0.25, -0.2) is 5.43 Å². The molecule has 142 valence electrons. The zero-order chi connectivity index (χ0) is 18.9. The van der Waals surface area contributed by atoms with Crippen molar-refractivity contribution >= 4 is 12.1 Å². The molecule has 0 unspecified atom stereocenters. The summed E-state index contributed by atoms with van der Waals surface area (Å²) in [6.07, 6.45) is 4.96. The van der Waals surface area contributed by atoms with Crippen molar-refractivity contribution in [3.63, 3.8) is 0 Å². The number of amides is 1. The van der Waals surface area contributed by atoms with Gasteiger partial charge in [0.15, 0.2) is 18.1 Å². The van der Waals surface area contributed by atoms with Crippen LogP contribution in [-0.4, -0.2) is 31.9 Å². The van der Waals surface area contributed by atoms with Gasteiger partial charge in [-0.2, -0.15) is 5.10 Å². The minimum absolute atomic E-state index is 0.0905. The summed E-state index contributed by atoms with van der Waals surface area (Å²) < 4.78 is 16.5. The number of rotatable bonds is 8. The highest BCUT2D eigenvalue weighted by molar-refractivity contribution is 5.83. The van der Waals surface area contributed by atoms with Crippen molar-refractivity contribution in [2.75, 3.05) is 19.8 Å². The Morgan fingerprint density at radius 1 is 1.15 bits per heavy atom. The molecule has 0 fully saturated rings. The largest absolute Gasteiger partial charge is 0.486 e. The van der Waals surface area contributed by atoms with Crippen LogP contribution in [0.5, 0.6) is 17.2 Å². The first-order valence-corrected chi connectivity index (χ1v) is 9.18. The van der Waals surface area contributed by atoms with Crippen molar-refractivity contribution in [2.24, 2.45) is 5.10 Å². The van der Waals surface area contributed by atoms with Gasteiger partial charge in [0, 0.05) is 0 Å². The van der Waals surface area contributed by atoms with E-state index in [0.29, 0.717) is 24.7 Å². The molecule has 0 aromatic heterocycles. The lowest BCUT2D eigenvalue weighted by atomic mass is 10.1. The predicted molar refractivity (Wildman–Crippen MR) is 104 cm³/mol. The SMILES string of the molecule is CCCCc1ccc(OCC(=O)N/N=C/c2ccc3c(c2)OCCO3)cc1. The van der Waals surface area contributed by atoms with Crippen LogP contribution in [0.1, 0.15) is 30.9 Å². The molecule has 0 radical (unpaired) electrons. The van der Waals surface area contributed by atoms with Crippen LogP contribution in [0.4, 0.5) is 0 Å². The third-order valence-electron chi connectivity index (χ3n) is 4.08. The molecule has 27 heavy (non-hydrogen) atoms. The number of unbranched alkanes of at least 4 members (excludes halogenated alkanes) is 1. The lowest BCUT2D eigenvalue weighted by molar-refractivity contribution is -0.123. The monoisotopic (exact) mass is 368 g/mol. The molecule has 0 saturated heterocycles. The number of hydrogen-bond donors (Lipinski definition) is 1. The van der Waals surface area contributed by atoms with Crippen LogP contribution in [0.25, 0.3) is 0 Å². The summed E-state index contributed by atoms with van der Waals surface area (Å²) in [5.74, 6) is 1.75. The van der Waals surface area contributed by atoms with E-state index in [0.717, 1.165) is 17.7 Å². The molecular formula is C21H24N2O4. The lowest BCUT2D eigenvalue weighted by Gasteiger charge is -2.18. The molecule has 1 heterocycles. The quantitative estimate of drug-likeness (QED) is 0.573. The molecule has 0 spiro atoms. The molecule has 6 nitrogen and oxygen atoms in total. The zero-order valence-corrected chi connectivity index (χ0v) is 15.4. The number of hydrogen-bond acceptors (Lipinski definition) is 5. The average molecular weight is 368 g/mol. The summed E-state index contributed by atoms with van der Waals surface area (Å²) in [5, 5.41) is 3.95. The molecule has 1 N–H and O–H groups in total.